The highest BCUT2D eigenvalue weighted by atomic mass is 19.4. The van der Waals surface area contributed by atoms with Crippen molar-refractivity contribution in [1.29, 1.82) is 5.26 Å². The van der Waals surface area contributed by atoms with Crippen LogP contribution in [-0.4, -0.2) is 16.7 Å². The van der Waals surface area contributed by atoms with Crippen molar-refractivity contribution in [1.82, 2.24) is 10.3 Å². The summed E-state index contributed by atoms with van der Waals surface area (Å²) in [5, 5.41) is 11.6. The highest BCUT2D eigenvalue weighted by Crippen LogP contribution is 2.39. The molecule has 5 nitrogen and oxygen atoms in total. The van der Waals surface area contributed by atoms with Gasteiger partial charge in [-0.2, -0.15) is 18.4 Å². The van der Waals surface area contributed by atoms with Crippen LogP contribution in [0.15, 0.2) is 53.7 Å². The van der Waals surface area contributed by atoms with Crippen LogP contribution in [-0.2, 0) is 15.8 Å². The number of carbonyl (C=O) groups excluding carboxylic acids is 2. The van der Waals surface area contributed by atoms with Gasteiger partial charge in [-0.25, -0.2) is 4.98 Å². The first-order valence-electron chi connectivity index (χ1n) is 8.68. The second kappa shape index (κ2) is 7.51. The van der Waals surface area contributed by atoms with Crippen LogP contribution in [0.4, 0.5) is 13.2 Å². The van der Waals surface area contributed by atoms with Gasteiger partial charge in [0.15, 0.2) is 5.78 Å². The number of halogens is 3. The van der Waals surface area contributed by atoms with E-state index in [0.717, 1.165) is 12.1 Å². The summed E-state index contributed by atoms with van der Waals surface area (Å²) in [5.41, 5.74) is 0.656. The van der Waals surface area contributed by atoms with Crippen molar-refractivity contribution < 1.29 is 22.8 Å². The fourth-order valence-electron chi connectivity index (χ4n) is 3.55. The van der Waals surface area contributed by atoms with Gasteiger partial charge in [0, 0.05) is 11.8 Å². The van der Waals surface area contributed by atoms with Crippen LogP contribution >= 0.6 is 0 Å². The van der Waals surface area contributed by atoms with Gasteiger partial charge in [-0.1, -0.05) is 24.3 Å². The molecule has 0 bridgehead atoms. The van der Waals surface area contributed by atoms with Crippen molar-refractivity contribution in [3.63, 3.8) is 0 Å². The summed E-state index contributed by atoms with van der Waals surface area (Å²) in [5.74, 6) is -1.84. The van der Waals surface area contributed by atoms with Crippen LogP contribution in [0.25, 0.3) is 0 Å². The molecule has 0 saturated carbocycles. The summed E-state index contributed by atoms with van der Waals surface area (Å²) >= 11 is 0. The zero-order valence-electron chi connectivity index (χ0n) is 15.5. The summed E-state index contributed by atoms with van der Waals surface area (Å²) in [6, 6.07) is 8.67. The maximum atomic E-state index is 13.1. The Kier molecular flexibility index (Phi) is 5.25. The Balaban J connectivity index is 2.10. The number of hydrogen-bond donors (Lipinski definition) is 1. The number of nitrogens with one attached hydrogen (secondary N) is 1. The first-order valence-corrected chi connectivity index (χ1v) is 8.68. The van der Waals surface area contributed by atoms with Gasteiger partial charge in [-0.15, -0.1) is 0 Å². The third kappa shape index (κ3) is 3.90. The first-order chi connectivity index (χ1) is 13.6. The van der Waals surface area contributed by atoms with E-state index >= 15 is 0 Å². The number of nitriles is 1. The molecule has 1 aromatic heterocycles. The third-order valence-corrected chi connectivity index (χ3v) is 4.86. The lowest BCUT2D eigenvalue weighted by Crippen LogP contribution is -2.41. The van der Waals surface area contributed by atoms with E-state index in [1.54, 1.807) is 13.0 Å². The Bertz CT molecular complexity index is 1050. The molecule has 0 saturated heterocycles. The molecule has 1 aliphatic heterocycles. The van der Waals surface area contributed by atoms with Crippen LogP contribution in [0, 0.1) is 11.3 Å². The molecule has 0 spiro atoms. The minimum Gasteiger partial charge on any atom is -0.344 e. The van der Waals surface area contributed by atoms with Crippen LogP contribution in [0.5, 0.6) is 0 Å². The molecule has 0 fully saturated rings. The SMILES string of the molecule is CC(=O)C1=C(C)C(c2cccc(C(F)(F)F)c2)C(=O)N[C@H]1c1ccc(C#N)nc1. The van der Waals surface area contributed by atoms with Crippen LogP contribution in [0.1, 0.15) is 48.2 Å². The number of aromatic nitrogens is 1. The van der Waals surface area contributed by atoms with Crippen molar-refractivity contribution in [3.8, 4) is 6.07 Å². The van der Waals surface area contributed by atoms with Crippen LogP contribution < -0.4 is 5.32 Å². The quantitative estimate of drug-likeness (QED) is 0.850. The molecule has 1 unspecified atom stereocenters. The summed E-state index contributed by atoms with van der Waals surface area (Å²) in [7, 11) is 0. The maximum absolute atomic E-state index is 13.1. The molecule has 2 aromatic rings. The molecule has 2 atom stereocenters. The lowest BCUT2D eigenvalue weighted by molar-refractivity contribution is -0.137. The second-order valence-corrected chi connectivity index (χ2v) is 6.74. The Morgan fingerprint density at radius 1 is 1.21 bits per heavy atom. The van der Waals surface area contributed by atoms with Crippen molar-refractivity contribution in [3.05, 3.63) is 76.1 Å². The van der Waals surface area contributed by atoms with Crippen LogP contribution in [0.3, 0.4) is 0 Å². The zero-order valence-corrected chi connectivity index (χ0v) is 15.5. The number of hydrogen-bond acceptors (Lipinski definition) is 4. The lowest BCUT2D eigenvalue weighted by Gasteiger charge is -2.33. The van der Waals surface area contributed by atoms with Gasteiger partial charge in [0.05, 0.1) is 17.5 Å². The predicted molar refractivity (Wildman–Crippen MR) is 97.4 cm³/mol. The molecule has 1 amide bonds. The Hall–Kier alpha value is -3.47. The number of Topliss-reactive ketones (excluding diaryl/α,β-unsaturated/α-hetero) is 1. The number of amides is 1. The molecule has 1 aromatic carbocycles. The number of ketones is 1. The number of alkyl halides is 3. The average Bonchev–Trinajstić information content (AvgIpc) is 2.67. The summed E-state index contributed by atoms with van der Waals surface area (Å²) in [6.45, 7) is 2.91. The highest BCUT2D eigenvalue weighted by Gasteiger charge is 2.38. The minimum absolute atomic E-state index is 0.157. The van der Waals surface area contributed by atoms with Gasteiger partial charge in [0.1, 0.15) is 11.8 Å². The molecule has 1 N–H and O–H groups in total. The maximum Gasteiger partial charge on any atom is 0.416 e. The lowest BCUT2D eigenvalue weighted by atomic mass is 9.79. The van der Waals surface area contributed by atoms with Crippen molar-refractivity contribution in [2.24, 2.45) is 0 Å². The predicted octanol–water partition coefficient (Wildman–Crippen LogP) is 3.83. The molecule has 2 heterocycles. The van der Waals surface area contributed by atoms with Gasteiger partial charge >= 0.3 is 6.18 Å². The van der Waals surface area contributed by atoms with Crippen molar-refractivity contribution in [2.45, 2.75) is 32.0 Å². The minimum atomic E-state index is -4.54. The van der Waals surface area contributed by atoms with Crippen LogP contribution in [0.2, 0.25) is 0 Å². The fraction of sp³-hybridized carbons (Fsp3) is 0.238. The molecule has 0 radical (unpaired) electrons. The third-order valence-electron chi connectivity index (χ3n) is 4.86. The van der Waals surface area contributed by atoms with E-state index in [-0.39, 0.29) is 17.0 Å². The Morgan fingerprint density at radius 2 is 1.93 bits per heavy atom. The largest absolute Gasteiger partial charge is 0.416 e. The molecule has 29 heavy (non-hydrogen) atoms. The second-order valence-electron chi connectivity index (χ2n) is 6.74. The van der Waals surface area contributed by atoms with Gasteiger partial charge in [0.25, 0.3) is 0 Å². The molecular formula is C21H16F3N3O2. The Labute approximate surface area is 164 Å². The van der Waals surface area contributed by atoms with E-state index < -0.39 is 29.6 Å². The van der Waals surface area contributed by atoms with E-state index in [2.05, 4.69) is 10.3 Å². The average molecular weight is 399 g/mol. The van der Waals surface area contributed by atoms with Crippen molar-refractivity contribution in [2.75, 3.05) is 0 Å². The zero-order chi connectivity index (χ0) is 21.3. The molecular weight excluding hydrogens is 383 g/mol. The van der Waals surface area contributed by atoms with Gasteiger partial charge in [-0.3, -0.25) is 9.59 Å². The van der Waals surface area contributed by atoms with E-state index in [1.807, 2.05) is 6.07 Å². The normalized spacial score (nSPS) is 19.5. The number of rotatable bonds is 3. The highest BCUT2D eigenvalue weighted by molar-refractivity contribution is 6.01. The molecule has 8 heteroatoms. The van der Waals surface area contributed by atoms with E-state index in [9.17, 15) is 22.8 Å². The number of nitrogens with zero attached hydrogens (tertiary/aromatic N) is 2. The molecule has 1 aliphatic rings. The van der Waals surface area contributed by atoms with Crippen molar-refractivity contribution >= 4 is 11.7 Å². The number of pyridine rings is 1. The van der Waals surface area contributed by atoms with E-state index in [0.29, 0.717) is 16.7 Å². The molecule has 3 rings (SSSR count). The first kappa shape index (κ1) is 20.3. The summed E-state index contributed by atoms with van der Waals surface area (Å²) in [4.78, 5) is 29.2. The fourth-order valence-corrected chi connectivity index (χ4v) is 3.55. The molecule has 148 valence electrons. The number of carbonyl (C=O) groups is 2. The smallest absolute Gasteiger partial charge is 0.344 e. The molecule has 0 aliphatic carbocycles. The van der Waals surface area contributed by atoms with Gasteiger partial charge < -0.3 is 5.32 Å². The standard InChI is InChI=1S/C21H16F3N3O2/c1-11-17(12(2)28)19(14-6-7-16(9-25)26-10-14)27-20(29)18(11)13-4-3-5-15(8-13)21(22,23)24/h3-8,10,18-19H,1-2H3,(H,27,29)/t18?,19-/m0/s1. The Morgan fingerprint density at radius 3 is 2.48 bits per heavy atom. The summed E-state index contributed by atoms with van der Waals surface area (Å²) in [6.07, 6.45) is -3.15. The van der Waals surface area contributed by atoms with Gasteiger partial charge in [0.2, 0.25) is 5.91 Å². The monoisotopic (exact) mass is 399 g/mol. The topological polar surface area (TPSA) is 82.9 Å². The summed E-state index contributed by atoms with van der Waals surface area (Å²) < 4.78 is 39.2. The van der Waals surface area contributed by atoms with E-state index in [1.165, 1.54) is 31.3 Å². The van der Waals surface area contributed by atoms with Gasteiger partial charge in [-0.05, 0) is 42.7 Å². The number of benzene rings is 1. The van der Waals surface area contributed by atoms with E-state index in [4.69, 9.17) is 5.26 Å².